The summed E-state index contributed by atoms with van der Waals surface area (Å²) < 4.78 is 0. The molecule has 4 nitrogen and oxygen atoms in total. The van der Waals surface area contributed by atoms with Gasteiger partial charge in [-0.2, -0.15) is 0 Å². The second kappa shape index (κ2) is 6.90. The van der Waals surface area contributed by atoms with Gasteiger partial charge in [0.15, 0.2) is 0 Å². The molecule has 0 spiro atoms. The Morgan fingerprint density at radius 3 is 2.35 bits per heavy atom. The van der Waals surface area contributed by atoms with Crippen molar-refractivity contribution in [1.29, 1.82) is 0 Å². The van der Waals surface area contributed by atoms with E-state index in [0.29, 0.717) is 12.5 Å². The first-order valence-corrected chi connectivity index (χ1v) is 7.83. The van der Waals surface area contributed by atoms with E-state index in [1.165, 1.54) is 12.8 Å². The van der Waals surface area contributed by atoms with Crippen molar-refractivity contribution in [2.45, 2.75) is 65.5 Å². The smallest absolute Gasteiger partial charge is 0.234 e. The average Bonchev–Trinajstić information content (AvgIpc) is 2.23. The lowest BCUT2D eigenvalue weighted by Crippen LogP contribution is -2.49. The van der Waals surface area contributed by atoms with Crippen molar-refractivity contribution in [3.05, 3.63) is 0 Å². The molecule has 20 heavy (non-hydrogen) atoms. The van der Waals surface area contributed by atoms with Crippen LogP contribution in [0.1, 0.15) is 54.4 Å². The van der Waals surface area contributed by atoms with Gasteiger partial charge in [-0.25, -0.2) is 0 Å². The minimum absolute atomic E-state index is 0.139. The van der Waals surface area contributed by atoms with Crippen LogP contribution in [0.4, 0.5) is 0 Å². The molecule has 1 aliphatic rings. The fourth-order valence-corrected chi connectivity index (χ4v) is 2.57. The van der Waals surface area contributed by atoms with Crippen molar-refractivity contribution in [2.75, 3.05) is 26.2 Å². The van der Waals surface area contributed by atoms with Crippen LogP contribution in [-0.2, 0) is 4.79 Å². The van der Waals surface area contributed by atoms with Crippen molar-refractivity contribution in [1.82, 2.24) is 15.5 Å². The first-order valence-electron chi connectivity index (χ1n) is 7.83. The zero-order chi connectivity index (χ0) is 15.4. The minimum Gasteiger partial charge on any atom is -0.350 e. The van der Waals surface area contributed by atoms with Crippen LogP contribution < -0.4 is 10.6 Å². The molecule has 0 aliphatic carbocycles. The van der Waals surface area contributed by atoms with Crippen LogP contribution in [0, 0.1) is 5.92 Å². The standard InChI is InChI=1S/C16H33N3O/c1-15(2,3)17-10-13-8-7-9-19(11-13)12-14(20)18-16(4,5)6/h13,17H,7-12H2,1-6H3,(H,18,20). The van der Waals surface area contributed by atoms with Crippen molar-refractivity contribution in [3.63, 3.8) is 0 Å². The number of likely N-dealkylation sites (tertiary alicyclic amines) is 1. The van der Waals surface area contributed by atoms with Gasteiger partial charge < -0.3 is 10.6 Å². The molecule has 1 rings (SSSR count). The van der Waals surface area contributed by atoms with E-state index in [1.807, 2.05) is 20.8 Å². The number of nitrogens with one attached hydrogen (secondary N) is 2. The molecule has 1 atom stereocenters. The van der Waals surface area contributed by atoms with Crippen molar-refractivity contribution < 1.29 is 4.79 Å². The molecule has 1 unspecified atom stereocenters. The third-order valence-corrected chi connectivity index (χ3v) is 3.41. The molecule has 1 heterocycles. The van der Waals surface area contributed by atoms with E-state index in [0.717, 1.165) is 19.6 Å². The zero-order valence-electron chi connectivity index (χ0n) is 14.2. The van der Waals surface area contributed by atoms with Crippen LogP contribution in [-0.4, -0.2) is 48.1 Å². The second-order valence-corrected chi connectivity index (χ2v) is 8.17. The van der Waals surface area contributed by atoms with Gasteiger partial charge in [-0.05, 0) is 73.4 Å². The number of carbonyl (C=O) groups excluding carboxylic acids is 1. The topological polar surface area (TPSA) is 44.4 Å². The molecule has 118 valence electrons. The largest absolute Gasteiger partial charge is 0.350 e. The monoisotopic (exact) mass is 283 g/mol. The van der Waals surface area contributed by atoms with E-state index in [2.05, 4.69) is 36.3 Å². The van der Waals surface area contributed by atoms with Crippen molar-refractivity contribution in [3.8, 4) is 0 Å². The Morgan fingerprint density at radius 2 is 1.80 bits per heavy atom. The summed E-state index contributed by atoms with van der Waals surface area (Å²) in [5.41, 5.74) is 0.0337. The highest BCUT2D eigenvalue weighted by atomic mass is 16.2. The summed E-state index contributed by atoms with van der Waals surface area (Å²) in [6.07, 6.45) is 2.46. The van der Waals surface area contributed by atoms with Crippen LogP contribution in [0.3, 0.4) is 0 Å². The predicted molar refractivity (Wildman–Crippen MR) is 84.8 cm³/mol. The van der Waals surface area contributed by atoms with E-state index in [9.17, 15) is 4.79 Å². The molecule has 0 aromatic heterocycles. The molecule has 0 aromatic carbocycles. The van der Waals surface area contributed by atoms with Gasteiger partial charge in [0.25, 0.3) is 0 Å². The quantitative estimate of drug-likeness (QED) is 0.829. The lowest BCUT2D eigenvalue weighted by Gasteiger charge is -2.34. The van der Waals surface area contributed by atoms with Gasteiger partial charge in [0.1, 0.15) is 0 Å². The predicted octanol–water partition coefficient (Wildman–Crippen LogP) is 2.00. The number of hydrogen-bond acceptors (Lipinski definition) is 3. The first-order chi connectivity index (χ1) is 9.05. The molecule has 1 fully saturated rings. The van der Waals surface area contributed by atoms with Gasteiger partial charge in [0.05, 0.1) is 6.54 Å². The molecule has 0 aromatic rings. The summed E-state index contributed by atoms with van der Waals surface area (Å²) in [7, 11) is 0. The summed E-state index contributed by atoms with van der Waals surface area (Å²) in [6.45, 7) is 16.3. The summed E-state index contributed by atoms with van der Waals surface area (Å²) >= 11 is 0. The maximum Gasteiger partial charge on any atom is 0.234 e. The Balaban J connectivity index is 2.35. The average molecular weight is 283 g/mol. The summed E-state index contributed by atoms with van der Waals surface area (Å²) in [4.78, 5) is 14.3. The number of rotatable bonds is 4. The van der Waals surface area contributed by atoms with Gasteiger partial charge in [0.2, 0.25) is 5.91 Å². The minimum atomic E-state index is -0.139. The third kappa shape index (κ3) is 7.85. The van der Waals surface area contributed by atoms with Gasteiger partial charge in [0, 0.05) is 17.6 Å². The lowest BCUT2D eigenvalue weighted by molar-refractivity contribution is -0.124. The Morgan fingerprint density at radius 1 is 1.15 bits per heavy atom. The zero-order valence-corrected chi connectivity index (χ0v) is 14.2. The SMILES string of the molecule is CC(C)(C)NCC1CCCN(CC(=O)NC(C)(C)C)C1. The molecular formula is C16H33N3O. The molecule has 0 saturated carbocycles. The lowest BCUT2D eigenvalue weighted by atomic mass is 9.96. The number of amides is 1. The van der Waals surface area contributed by atoms with Crippen LogP contribution in [0.5, 0.6) is 0 Å². The maximum absolute atomic E-state index is 12.0. The van der Waals surface area contributed by atoms with E-state index in [-0.39, 0.29) is 17.0 Å². The highest BCUT2D eigenvalue weighted by Crippen LogP contribution is 2.16. The summed E-state index contributed by atoms with van der Waals surface area (Å²) in [6, 6.07) is 0. The van der Waals surface area contributed by atoms with Crippen LogP contribution in [0.15, 0.2) is 0 Å². The van der Waals surface area contributed by atoms with Crippen molar-refractivity contribution in [2.24, 2.45) is 5.92 Å². The van der Waals surface area contributed by atoms with Gasteiger partial charge in [-0.15, -0.1) is 0 Å². The molecule has 1 aliphatic heterocycles. The summed E-state index contributed by atoms with van der Waals surface area (Å²) in [5, 5.41) is 6.62. The Kier molecular flexibility index (Phi) is 6.02. The van der Waals surface area contributed by atoms with Crippen LogP contribution in [0.25, 0.3) is 0 Å². The molecular weight excluding hydrogens is 250 g/mol. The van der Waals surface area contributed by atoms with Gasteiger partial charge >= 0.3 is 0 Å². The van der Waals surface area contributed by atoms with Gasteiger partial charge in [-0.1, -0.05) is 0 Å². The van der Waals surface area contributed by atoms with E-state index >= 15 is 0 Å². The third-order valence-electron chi connectivity index (χ3n) is 3.41. The second-order valence-electron chi connectivity index (χ2n) is 8.17. The normalized spacial score (nSPS) is 21.8. The van der Waals surface area contributed by atoms with Gasteiger partial charge in [-0.3, -0.25) is 9.69 Å². The molecule has 2 N–H and O–H groups in total. The Labute approximate surface area is 124 Å². The number of carbonyl (C=O) groups is 1. The van der Waals surface area contributed by atoms with E-state index in [1.54, 1.807) is 0 Å². The maximum atomic E-state index is 12.0. The Hall–Kier alpha value is -0.610. The molecule has 1 saturated heterocycles. The Bertz CT molecular complexity index is 315. The van der Waals surface area contributed by atoms with Crippen LogP contribution in [0.2, 0.25) is 0 Å². The molecule has 0 radical (unpaired) electrons. The fourth-order valence-electron chi connectivity index (χ4n) is 2.57. The number of hydrogen-bond donors (Lipinski definition) is 2. The number of piperidine rings is 1. The highest BCUT2D eigenvalue weighted by molar-refractivity contribution is 5.78. The van der Waals surface area contributed by atoms with E-state index < -0.39 is 0 Å². The molecule has 1 amide bonds. The summed E-state index contributed by atoms with van der Waals surface area (Å²) in [5.74, 6) is 0.798. The molecule has 0 bridgehead atoms. The van der Waals surface area contributed by atoms with Crippen molar-refractivity contribution >= 4 is 5.91 Å². The molecule has 4 heteroatoms. The van der Waals surface area contributed by atoms with E-state index in [4.69, 9.17) is 0 Å². The first kappa shape index (κ1) is 17.4. The number of nitrogens with zero attached hydrogens (tertiary/aromatic N) is 1. The fraction of sp³-hybridized carbons (Fsp3) is 0.938. The highest BCUT2D eigenvalue weighted by Gasteiger charge is 2.24. The van der Waals surface area contributed by atoms with Crippen LogP contribution >= 0.6 is 0 Å².